The zero-order chi connectivity index (χ0) is 17.4. The summed E-state index contributed by atoms with van der Waals surface area (Å²) in [6, 6.07) is 5.04. The molecule has 1 saturated carbocycles. The minimum Gasteiger partial charge on any atom is -0.298 e. The van der Waals surface area contributed by atoms with Gasteiger partial charge in [0.2, 0.25) is 10.0 Å². The number of piperidine rings is 1. The molecule has 0 spiro atoms. The van der Waals surface area contributed by atoms with Crippen LogP contribution in [-0.4, -0.2) is 37.7 Å². The maximum absolute atomic E-state index is 12.6. The van der Waals surface area contributed by atoms with Crippen molar-refractivity contribution in [3.8, 4) is 0 Å². The van der Waals surface area contributed by atoms with Crippen molar-refractivity contribution in [3.05, 3.63) is 35.4 Å². The minimum absolute atomic E-state index is 0.112. The molecule has 8 heteroatoms. The van der Waals surface area contributed by atoms with Crippen LogP contribution in [-0.2, 0) is 22.7 Å². The summed E-state index contributed by atoms with van der Waals surface area (Å²) in [6.45, 7) is 1.94. The Morgan fingerprint density at radius 2 is 1.79 bits per heavy atom. The Hall–Kier alpha value is -1.12. The number of hydrogen-bond donors (Lipinski definition) is 1. The average Bonchev–Trinajstić information content (AvgIpc) is 3.32. The third-order valence-electron chi connectivity index (χ3n) is 4.49. The average molecular weight is 362 g/mol. The Morgan fingerprint density at radius 3 is 2.38 bits per heavy atom. The van der Waals surface area contributed by atoms with Crippen LogP contribution in [0.1, 0.15) is 36.8 Å². The van der Waals surface area contributed by atoms with Gasteiger partial charge in [0.1, 0.15) is 0 Å². The standard InChI is InChI=1S/C16H21F3N2O2S/c17-16(18,19)13-5-3-12(4-6-13)10-21-9-1-2-14(11-21)20-24(22,23)15-7-8-15/h3-6,14-15,20H,1-2,7-11H2. The maximum Gasteiger partial charge on any atom is 0.416 e. The van der Waals surface area contributed by atoms with Crippen molar-refractivity contribution in [1.82, 2.24) is 9.62 Å². The van der Waals surface area contributed by atoms with Crippen molar-refractivity contribution in [3.63, 3.8) is 0 Å². The Bertz CT molecular complexity index is 670. The molecule has 1 aliphatic carbocycles. The van der Waals surface area contributed by atoms with Crippen LogP contribution in [0.3, 0.4) is 0 Å². The van der Waals surface area contributed by atoms with E-state index in [-0.39, 0.29) is 11.3 Å². The predicted molar refractivity (Wildman–Crippen MR) is 84.8 cm³/mol. The molecule has 0 radical (unpaired) electrons. The number of benzene rings is 1. The molecule has 1 unspecified atom stereocenters. The van der Waals surface area contributed by atoms with Crippen molar-refractivity contribution in [1.29, 1.82) is 0 Å². The molecule has 1 heterocycles. The molecule has 1 aliphatic heterocycles. The number of alkyl halides is 3. The molecule has 1 atom stereocenters. The van der Waals surface area contributed by atoms with E-state index in [1.54, 1.807) is 0 Å². The first kappa shape index (κ1) is 17.7. The highest BCUT2D eigenvalue weighted by Crippen LogP contribution is 2.30. The molecule has 1 N–H and O–H groups in total. The predicted octanol–water partition coefficient (Wildman–Crippen LogP) is 2.75. The van der Waals surface area contributed by atoms with Crippen LogP contribution in [0, 0.1) is 0 Å². The highest BCUT2D eigenvalue weighted by molar-refractivity contribution is 7.90. The van der Waals surface area contributed by atoms with Gasteiger partial charge < -0.3 is 0 Å². The summed E-state index contributed by atoms with van der Waals surface area (Å²) in [5, 5.41) is -0.234. The lowest BCUT2D eigenvalue weighted by molar-refractivity contribution is -0.137. The fraction of sp³-hybridized carbons (Fsp3) is 0.625. The molecule has 0 amide bonds. The monoisotopic (exact) mass is 362 g/mol. The van der Waals surface area contributed by atoms with Crippen molar-refractivity contribution in [2.75, 3.05) is 13.1 Å². The summed E-state index contributed by atoms with van der Waals surface area (Å²) in [6.07, 6.45) is -1.18. The van der Waals surface area contributed by atoms with Crippen LogP contribution in [0.4, 0.5) is 13.2 Å². The number of rotatable bonds is 5. The molecular formula is C16H21F3N2O2S. The van der Waals surface area contributed by atoms with Gasteiger partial charge in [-0.1, -0.05) is 12.1 Å². The van der Waals surface area contributed by atoms with Crippen molar-refractivity contribution >= 4 is 10.0 Å². The van der Waals surface area contributed by atoms with Gasteiger partial charge >= 0.3 is 6.18 Å². The van der Waals surface area contributed by atoms with Gasteiger partial charge in [-0.2, -0.15) is 13.2 Å². The molecule has 1 aromatic carbocycles. The number of hydrogen-bond acceptors (Lipinski definition) is 3. The quantitative estimate of drug-likeness (QED) is 0.876. The van der Waals surface area contributed by atoms with E-state index >= 15 is 0 Å². The lowest BCUT2D eigenvalue weighted by atomic mass is 10.1. The second-order valence-corrected chi connectivity index (χ2v) is 8.62. The van der Waals surface area contributed by atoms with E-state index in [4.69, 9.17) is 0 Å². The number of halogens is 3. The number of nitrogens with one attached hydrogen (secondary N) is 1. The van der Waals surface area contributed by atoms with Gasteiger partial charge in [-0.3, -0.25) is 4.90 Å². The van der Waals surface area contributed by atoms with Crippen LogP contribution in [0.25, 0.3) is 0 Å². The van der Waals surface area contributed by atoms with Crippen LogP contribution >= 0.6 is 0 Å². The Labute approximate surface area is 140 Å². The molecule has 0 bridgehead atoms. The fourth-order valence-corrected chi connectivity index (χ4v) is 4.67. The summed E-state index contributed by atoms with van der Waals surface area (Å²) in [5.41, 5.74) is 0.147. The van der Waals surface area contributed by atoms with E-state index in [2.05, 4.69) is 9.62 Å². The molecule has 2 fully saturated rings. The maximum atomic E-state index is 12.6. The van der Waals surface area contributed by atoms with Crippen LogP contribution in [0.5, 0.6) is 0 Å². The molecule has 0 aromatic heterocycles. The lowest BCUT2D eigenvalue weighted by Gasteiger charge is -2.33. The zero-order valence-electron chi connectivity index (χ0n) is 13.2. The zero-order valence-corrected chi connectivity index (χ0v) is 14.0. The van der Waals surface area contributed by atoms with Gasteiger partial charge in [0.25, 0.3) is 0 Å². The first-order valence-corrected chi connectivity index (χ1v) is 9.68. The van der Waals surface area contributed by atoms with E-state index in [9.17, 15) is 21.6 Å². The Morgan fingerprint density at radius 1 is 1.12 bits per heavy atom. The Balaban J connectivity index is 1.57. The van der Waals surface area contributed by atoms with Crippen LogP contribution < -0.4 is 4.72 Å². The molecule has 24 heavy (non-hydrogen) atoms. The Kier molecular flexibility index (Phi) is 4.90. The number of likely N-dealkylation sites (tertiary alicyclic amines) is 1. The van der Waals surface area contributed by atoms with E-state index < -0.39 is 21.8 Å². The molecule has 4 nitrogen and oxygen atoms in total. The smallest absolute Gasteiger partial charge is 0.298 e. The van der Waals surface area contributed by atoms with Crippen molar-refractivity contribution in [2.45, 2.75) is 49.7 Å². The number of sulfonamides is 1. The first-order valence-electron chi connectivity index (χ1n) is 8.14. The lowest BCUT2D eigenvalue weighted by Crippen LogP contribution is -2.48. The molecular weight excluding hydrogens is 341 g/mol. The highest BCUT2D eigenvalue weighted by Gasteiger charge is 2.37. The third-order valence-corrected chi connectivity index (χ3v) is 6.50. The normalized spacial score (nSPS) is 23.4. The second-order valence-electron chi connectivity index (χ2n) is 6.63. The summed E-state index contributed by atoms with van der Waals surface area (Å²) in [4.78, 5) is 2.09. The molecule has 134 valence electrons. The summed E-state index contributed by atoms with van der Waals surface area (Å²) >= 11 is 0. The largest absolute Gasteiger partial charge is 0.416 e. The number of nitrogens with zero attached hydrogens (tertiary/aromatic N) is 1. The fourth-order valence-electron chi connectivity index (χ4n) is 3.06. The van der Waals surface area contributed by atoms with Gasteiger partial charge in [0.05, 0.1) is 10.8 Å². The van der Waals surface area contributed by atoms with Gasteiger partial charge in [-0.05, 0) is 49.9 Å². The SMILES string of the molecule is O=S(=O)(NC1CCCN(Cc2ccc(C(F)(F)F)cc2)C1)C1CC1. The molecule has 1 saturated heterocycles. The summed E-state index contributed by atoms with van der Waals surface area (Å²) in [7, 11) is -3.21. The highest BCUT2D eigenvalue weighted by atomic mass is 32.2. The van der Waals surface area contributed by atoms with E-state index in [0.29, 0.717) is 13.1 Å². The summed E-state index contributed by atoms with van der Waals surface area (Å²) in [5.74, 6) is 0. The summed E-state index contributed by atoms with van der Waals surface area (Å²) < 4.78 is 64.6. The van der Waals surface area contributed by atoms with E-state index in [1.807, 2.05) is 0 Å². The third kappa shape index (κ3) is 4.49. The van der Waals surface area contributed by atoms with E-state index in [1.165, 1.54) is 12.1 Å². The molecule has 3 rings (SSSR count). The van der Waals surface area contributed by atoms with Gasteiger partial charge in [0.15, 0.2) is 0 Å². The van der Waals surface area contributed by atoms with Crippen molar-refractivity contribution in [2.24, 2.45) is 0 Å². The molecule has 1 aromatic rings. The first-order chi connectivity index (χ1) is 11.2. The molecule has 2 aliphatic rings. The van der Waals surface area contributed by atoms with Crippen LogP contribution in [0.2, 0.25) is 0 Å². The van der Waals surface area contributed by atoms with Crippen LogP contribution in [0.15, 0.2) is 24.3 Å². The van der Waals surface area contributed by atoms with Gasteiger partial charge in [-0.25, -0.2) is 13.1 Å². The second kappa shape index (κ2) is 6.65. The van der Waals surface area contributed by atoms with Gasteiger partial charge in [-0.15, -0.1) is 0 Å². The van der Waals surface area contributed by atoms with E-state index in [0.717, 1.165) is 49.9 Å². The van der Waals surface area contributed by atoms with Gasteiger partial charge in [0, 0.05) is 19.1 Å². The van der Waals surface area contributed by atoms with Crippen molar-refractivity contribution < 1.29 is 21.6 Å². The topological polar surface area (TPSA) is 49.4 Å². The minimum atomic E-state index is -4.32.